The van der Waals surface area contributed by atoms with E-state index in [9.17, 15) is 14.0 Å². The monoisotopic (exact) mass is 338 g/mol. The highest BCUT2D eigenvalue weighted by atomic mass is 19.1. The summed E-state index contributed by atoms with van der Waals surface area (Å²) in [5, 5.41) is 9.58. The molecule has 25 heavy (non-hydrogen) atoms. The fraction of sp³-hybridized carbons (Fsp3) is 0.222. The van der Waals surface area contributed by atoms with Gasteiger partial charge in [-0.05, 0) is 42.3 Å². The number of hydrogen-bond donors (Lipinski definition) is 0. The van der Waals surface area contributed by atoms with Gasteiger partial charge in [0.25, 0.3) is 11.8 Å². The zero-order chi connectivity index (χ0) is 17.6. The second-order valence-electron chi connectivity index (χ2n) is 6.11. The lowest BCUT2D eigenvalue weighted by Gasteiger charge is -2.21. The molecule has 0 radical (unpaired) electrons. The Hall–Kier alpha value is -3.09. The molecule has 2 aliphatic heterocycles. The zero-order valence-corrected chi connectivity index (χ0v) is 13.5. The number of hydrogen-bond acceptors (Lipinski definition) is 5. The minimum atomic E-state index is -0.846. The van der Waals surface area contributed by atoms with Gasteiger partial charge in [0.05, 0.1) is 12.2 Å². The summed E-state index contributed by atoms with van der Waals surface area (Å²) < 4.78 is 13.1. The number of halogens is 1. The molecule has 2 aromatic rings. The second-order valence-corrected chi connectivity index (χ2v) is 6.11. The highest BCUT2D eigenvalue weighted by Gasteiger charge is 2.54. The molecule has 2 atom stereocenters. The van der Waals surface area contributed by atoms with E-state index in [1.54, 1.807) is 5.01 Å². The number of imide groups is 1. The first kappa shape index (κ1) is 15.4. The van der Waals surface area contributed by atoms with Crippen molar-refractivity contribution in [3.63, 3.8) is 0 Å². The van der Waals surface area contributed by atoms with Gasteiger partial charge in [0.1, 0.15) is 5.82 Å². The van der Waals surface area contributed by atoms with Crippen LogP contribution in [-0.2, 0) is 16.1 Å². The van der Waals surface area contributed by atoms with Crippen LogP contribution in [0, 0.1) is 12.7 Å². The molecule has 0 aromatic heterocycles. The standard InChI is InChI=1S/C18H15FN4O2/c1-11-4-2-3-5-12(11)10-22-16-15(20-21-22)17(24)23(18(16)25)14-8-6-13(19)7-9-14/h2-9,15-16H,10H2,1H3/t15-,16+/m0/s1. The fourth-order valence-corrected chi connectivity index (χ4v) is 3.16. The smallest absolute Gasteiger partial charge is 0.263 e. The SMILES string of the molecule is Cc1ccccc1CN1N=N[C@@H]2C(=O)N(c3ccc(F)cc3)C(=O)[C@@H]21. The first-order chi connectivity index (χ1) is 12.1. The lowest BCUT2D eigenvalue weighted by molar-refractivity contribution is -0.123. The van der Waals surface area contributed by atoms with Crippen molar-refractivity contribution in [1.82, 2.24) is 5.01 Å². The maximum absolute atomic E-state index is 13.1. The van der Waals surface area contributed by atoms with Crippen LogP contribution >= 0.6 is 0 Å². The summed E-state index contributed by atoms with van der Waals surface area (Å²) in [7, 11) is 0. The molecule has 2 heterocycles. The molecule has 0 spiro atoms. The summed E-state index contributed by atoms with van der Waals surface area (Å²) >= 11 is 0. The number of aryl methyl sites for hydroxylation is 1. The Kier molecular flexibility index (Phi) is 3.56. The molecule has 1 fully saturated rings. The van der Waals surface area contributed by atoms with Crippen molar-refractivity contribution >= 4 is 17.5 Å². The number of nitrogens with zero attached hydrogens (tertiary/aromatic N) is 4. The Morgan fingerprint density at radius 3 is 2.48 bits per heavy atom. The van der Waals surface area contributed by atoms with E-state index in [4.69, 9.17) is 0 Å². The lowest BCUT2D eigenvalue weighted by atomic mass is 10.1. The van der Waals surface area contributed by atoms with Gasteiger partial charge < -0.3 is 0 Å². The van der Waals surface area contributed by atoms with Crippen LogP contribution in [0.25, 0.3) is 0 Å². The number of rotatable bonds is 3. The summed E-state index contributed by atoms with van der Waals surface area (Å²) in [6.07, 6.45) is 0. The summed E-state index contributed by atoms with van der Waals surface area (Å²) in [6.45, 7) is 2.38. The highest BCUT2D eigenvalue weighted by Crippen LogP contribution is 2.33. The van der Waals surface area contributed by atoms with E-state index in [1.807, 2.05) is 31.2 Å². The molecule has 0 bridgehead atoms. The first-order valence-corrected chi connectivity index (χ1v) is 7.91. The van der Waals surface area contributed by atoms with Crippen molar-refractivity contribution in [2.75, 3.05) is 4.90 Å². The van der Waals surface area contributed by atoms with Crippen molar-refractivity contribution in [3.8, 4) is 0 Å². The van der Waals surface area contributed by atoms with E-state index in [2.05, 4.69) is 10.3 Å². The minimum absolute atomic E-state index is 0.344. The van der Waals surface area contributed by atoms with Crippen LogP contribution in [0.4, 0.5) is 10.1 Å². The zero-order valence-electron chi connectivity index (χ0n) is 13.5. The van der Waals surface area contributed by atoms with E-state index in [-0.39, 0.29) is 5.91 Å². The van der Waals surface area contributed by atoms with Gasteiger partial charge in [-0.25, -0.2) is 9.29 Å². The Balaban J connectivity index is 1.62. The van der Waals surface area contributed by atoms with Crippen molar-refractivity contribution in [2.45, 2.75) is 25.6 Å². The van der Waals surface area contributed by atoms with Crippen LogP contribution in [0.5, 0.6) is 0 Å². The van der Waals surface area contributed by atoms with E-state index in [0.29, 0.717) is 12.2 Å². The van der Waals surface area contributed by atoms with Gasteiger partial charge in [-0.15, -0.1) is 0 Å². The quantitative estimate of drug-likeness (QED) is 0.808. The molecule has 2 aromatic carbocycles. The molecule has 0 N–H and O–H groups in total. The fourth-order valence-electron chi connectivity index (χ4n) is 3.16. The van der Waals surface area contributed by atoms with Gasteiger partial charge in [-0.2, -0.15) is 5.11 Å². The van der Waals surface area contributed by atoms with Crippen LogP contribution in [0.3, 0.4) is 0 Å². The van der Waals surface area contributed by atoms with Crippen molar-refractivity contribution in [1.29, 1.82) is 0 Å². The third-order valence-corrected chi connectivity index (χ3v) is 4.54. The number of benzene rings is 2. The van der Waals surface area contributed by atoms with Gasteiger partial charge in [0.15, 0.2) is 12.1 Å². The Bertz CT molecular complexity index is 881. The molecule has 0 aliphatic carbocycles. The summed E-state index contributed by atoms with van der Waals surface area (Å²) in [6, 6.07) is 11.5. The third kappa shape index (κ3) is 2.48. The topological polar surface area (TPSA) is 65.3 Å². The van der Waals surface area contributed by atoms with Crippen LogP contribution in [-0.4, -0.2) is 28.9 Å². The predicted molar refractivity (Wildman–Crippen MR) is 88.0 cm³/mol. The largest absolute Gasteiger partial charge is 0.271 e. The van der Waals surface area contributed by atoms with Crippen molar-refractivity contribution in [2.24, 2.45) is 10.3 Å². The lowest BCUT2D eigenvalue weighted by Crippen LogP contribution is -2.39. The Labute approximate surface area is 143 Å². The van der Waals surface area contributed by atoms with E-state index in [1.165, 1.54) is 24.3 Å². The molecule has 0 saturated carbocycles. The molecule has 2 aliphatic rings. The minimum Gasteiger partial charge on any atom is -0.271 e. The van der Waals surface area contributed by atoms with Crippen LogP contribution in [0.1, 0.15) is 11.1 Å². The van der Waals surface area contributed by atoms with E-state index in [0.717, 1.165) is 16.0 Å². The molecule has 2 amide bonds. The van der Waals surface area contributed by atoms with Gasteiger partial charge in [-0.3, -0.25) is 14.6 Å². The molecule has 7 heteroatoms. The molecule has 0 unspecified atom stereocenters. The van der Waals surface area contributed by atoms with E-state index < -0.39 is 23.8 Å². The second kappa shape index (κ2) is 5.77. The highest BCUT2D eigenvalue weighted by molar-refractivity contribution is 6.25. The molecular weight excluding hydrogens is 323 g/mol. The average molecular weight is 338 g/mol. The number of amides is 2. The van der Waals surface area contributed by atoms with Crippen LogP contribution < -0.4 is 4.90 Å². The number of carbonyl (C=O) groups excluding carboxylic acids is 2. The molecule has 4 rings (SSSR count). The van der Waals surface area contributed by atoms with Crippen molar-refractivity contribution < 1.29 is 14.0 Å². The Morgan fingerprint density at radius 1 is 1.04 bits per heavy atom. The van der Waals surface area contributed by atoms with E-state index >= 15 is 0 Å². The van der Waals surface area contributed by atoms with Gasteiger partial charge >= 0.3 is 0 Å². The average Bonchev–Trinajstić information content (AvgIpc) is 3.12. The maximum Gasteiger partial charge on any atom is 0.263 e. The third-order valence-electron chi connectivity index (χ3n) is 4.54. The number of anilines is 1. The molecule has 1 saturated heterocycles. The first-order valence-electron chi connectivity index (χ1n) is 7.91. The van der Waals surface area contributed by atoms with Crippen LogP contribution in [0.2, 0.25) is 0 Å². The molecular formula is C18H15FN4O2. The number of fused-ring (bicyclic) bond motifs is 1. The van der Waals surface area contributed by atoms with Gasteiger partial charge in [0, 0.05) is 0 Å². The summed E-state index contributed by atoms with van der Waals surface area (Å²) in [5.74, 6) is -1.25. The summed E-state index contributed by atoms with van der Waals surface area (Å²) in [5.41, 5.74) is 2.44. The predicted octanol–water partition coefficient (Wildman–Crippen LogP) is 2.63. The molecule has 126 valence electrons. The van der Waals surface area contributed by atoms with Crippen molar-refractivity contribution in [3.05, 3.63) is 65.5 Å². The van der Waals surface area contributed by atoms with Gasteiger partial charge in [0.2, 0.25) is 0 Å². The maximum atomic E-state index is 13.1. The normalized spacial score (nSPS) is 22.0. The van der Waals surface area contributed by atoms with Crippen LogP contribution in [0.15, 0.2) is 58.9 Å². The number of carbonyl (C=O) groups is 2. The molecule has 6 nitrogen and oxygen atoms in total. The summed E-state index contributed by atoms with van der Waals surface area (Å²) in [4.78, 5) is 26.5. The van der Waals surface area contributed by atoms with Gasteiger partial charge in [-0.1, -0.05) is 29.5 Å². The Morgan fingerprint density at radius 2 is 1.76 bits per heavy atom.